The minimum absolute atomic E-state index is 0.197. The molecule has 13 heteroatoms. The summed E-state index contributed by atoms with van der Waals surface area (Å²) in [6.45, 7) is 3.80. The van der Waals surface area contributed by atoms with Crippen LogP contribution in [0.25, 0.3) is 0 Å². The highest BCUT2D eigenvalue weighted by Crippen LogP contribution is 2.34. The van der Waals surface area contributed by atoms with Crippen molar-refractivity contribution in [3.63, 3.8) is 0 Å². The summed E-state index contributed by atoms with van der Waals surface area (Å²) < 4.78 is 27.9. The van der Waals surface area contributed by atoms with E-state index in [0.29, 0.717) is 0 Å². The van der Waals surface area contributed by atoms with Crippen LogP contribution in [0.4, 0.5) is 0 Å². The van der Waals surface area contributed by atoms with Crippen LogP contribution in [0.15, 0.2) is 6.20 Å². The number of aliphatic hydroxyl groups is 1. The molecule has 0 unspecified atom stereocenters. The SMILES string of the molecule is CC(=O)OC[C@H]1O[C@@H](n2cc(CO)nn2)[C@H](OC(C)=O)[C@@H](OC(C)=O)[C@H]1OC(C)=O. The molecule has 0 aliphatic carbocycles. The molecule has 13 nitrogen and oxygen atoms in total. The van der Waals surface area contributed by atoms with Gasteiger partial charge in [-0.3, -0.25) is 19.2 Å². The maximum atomic E-state index is 11.7. The Labute approximate surface area is 171 Å². The Balaban J connectivity index is 2.50. The van der Waals surface area contributed by atoms with Gasteiger partial charge in [-0.1, -0.05) is 5.21 Å². The van der Waals surface area contributed by atoms with Gasteiger partial charge in [0.15, 0.2) is 24.5 Å². The Hall–Kier alpha value is -3.06. The summed E-state index contributed by atoms with van der Waals surface area (Å²) in [5.74, 6) is -2.81. The predicted molar refractivity (Wildman–Crippen MR) is 93.1 cm³/mol. The summed E-state index contributed by atoms with van der Waals surface area (Å²) in [7, 11) is 0. The fourth-order valence-electron chi connectivity index (χ4n) is 2.93. The Kier molecular flexibility index (Phi) is 7.83. The lowest BCUT2D eigenvalue weighted by Gasteiger charge is -2.44. The maximum Gasteiger partial charge on any atom is 0.303 e. The first-order valence-electron chi connectivity index (χ1n) is 8.94. The molecule has 0 bridgehead atoms. The first-order valence-corrected chi connectivity index (χ1v) is 8.94. The van der Waals surface area contributed by atoms with Crippen LogP contribution in [-0.2, 0) is 49.5 Å². The molecule has 5 atom stereocenters. The summed E-state index contributed by atoms with van der Waals surface area (Å²) in [6.07, 6.45) is -4.82. The monoisotopic (exact) mass is 429 g/mol. The molecule has 2 heterocycles. The number of ether oxygens (including phenoxy) is 5. The van der Waals surface area contributed by atoms with E-state index in [4.69, 9.17) is 23.7 Å². The van der Waals surface area contributed by atoms with E-state index < -0.39 is 61.1 Å². The summed E-state index contributed by atoms with van der Waals surface area (Å²) in [4.78, 5) is 46.4. The molecule has 1 fully saturated rings. The number of carbonyl (C=O) groups is 4. The van der Waals surface area contributed by atoms with Gasteiger partial charge in [-0.25, -0.2) is 4.68 Å². The third-order valence-corrected chi connectivity index (χ3v) is 3.95. The lowest BCUT2D eigenvalue weighted by Crippen LogP contribution is -2.60. The van der Waals surface area contributed by atoms with Gasteiger partial charge < -0.3 is 28.8 Å². The number of hydrogen-bond donors (Lipinski definition) is 1. The molecule has 1 saturated heterocycles. The second-order valence-corrected chi connectivity index (χ2v) is 6.44. The second kappa shape index (κ2) is 10.1. The fraction of sp³-hybridized carbons (Fsp3) is 0.647. The van der Waals surface area contributed by atoms with Crippen molar-refractivity contribution >= 4 is 23.9 Å². The van der Waals surface area contributed by atoms with Crippen molar-refractivity contribution in [1.82, 2.24) is 15.0 Å². The van der Waals surface area contributed by atoms with Crippen LogP contribution in [-0.4, -0.2) is 75.0 Å². The van der Waals surface area contributed by atoms with Gasteiger partial charge in [0.25, 0.3) is 0 Å². The number of aromatic nitrogens is 3. The Morgan fingerprint density at radius 3 is 2.03 bits per heavy atom. The van der Waals surface area contributed by atoms with E-state index in [-0.39, 0.29) is 12.3 Å². The van der Waals surface area contributed by atoms with E-state index in [1.54, 1.807) is 0 Å². The van der Waals surface area contributed by atoms with E-state index in [1.807, 2.05) is 0 Å². The molecule has 30 heavy (non-hydrogen) atoms. The van der Waals surface area contributed by atoms with Crippen molar-refractivity contribution in [1.29, 1.82) is 0 Å². The molecule has 0 radical (unpaired) electrons. The normalized spacial score (nSPS) is 25.8. The van der Waals surface area contributed by atoms with Crippen LogP contribution in [0.2, 0.25) is 0 Å². The van der Waals surface area contributed by atoms with Crippen molar-refractivity contribution in [2.75, 3.05) is 6.61 Å². The first kappa shape index (κ1) is 23.2. The third-order valence-electron chi connectivity index (χ3n) is 3.95. The van der Waals surface area contributed by atoms with Gasteiger partial charge in [0.05, 0.1) is 12.8 Å². The number of carbonyl (C=O) groups excluding carboxylic acids is 4. The Morgan fingerprint density at radius 2 is 1.53 bits per heavy atom. The molecule has 1 N–H and O–H groups in total. The molecular formula is C17H23N3O10. The van der Waals surface area contributed by atoms with Crippen LogP contribution in [0, 0.1) is 0 Å². The quantitative estimate of drug-likeness (QED) is 0.417. The average molecular weight is 429 g/mol. The molecule has 1 aliphatic heterocycles. The molecule has 0 amide bonds. The number of aliphatic hydroxyl groups excluding tert-OH is 1. The highest BCUT2D eigenvalue weighted by molar-refractivity contribution is 5.68. The van der Waals surface area contributed by atoms with Gasteiger partial charge in [0.2, 0.25) is 0 Å². The van der Waals surface area contributed by atoms with Gasteiger partial charge in [0, 0.05) is 27.7 Å². The molecule has 0 spiro atoms. The minimum Gasteiger partial charge on any atom is -0.463 e. The van der Waals surface area contributed by atoms with Crippen LogP contribution < -0.4 is 0 Å². The van der Waals surface area contributed by atoms with Crippen LogP contribution in [0.3, 0.4) is 0 Å². The molecule has 0 aromatic carbocycles. The zero-order valence-corrected chi connectivity index (χ0v) is 16.8. The number of nitrogens with zero attached hydrogens (tertiary/aromatic N) is 3. The number of rotatable bonds is 7. The Morgan fingerprint density at radius 1 is 0.967 bits per heavy atom. The molecule has 1 aromatic heterocycles. The second-order valence-electron chi connectivity index (χ2n) is 6.44. The zero-order valence-electron chi connectivity index (χ0n) is 16.8. The zero-order chi connectivity index (χ0) is 22.4. The largest absolute Gasteiger partial charge is 0.463 e. The van der Waals surface area contributed by atoms with Gasteiger partial charge in [-0.2, -0.15) is 0 Å². The maximum absolute atomic E-state index is 11.7. The van der Waals surface area contributed by atoms with Crippen LogP contribution in [0.1, 0.15) is 39.6 Å². The molecule has 0 saturated carbocycles. The molecule has 2 rings (SSSR count). The summed E-state index contributed by atoms with van der Waals surface area (Å²) in [5, 5.41) is 16.8. The van der Waals surface area contributed by atoms with E-state index in [9.17, 15) is 24.3 Å². The van der Waals surface area contributed by atoms with Crippen molar-refractivity contribution in [2.24, 2.45) is 0 Å². The standard InChI is InChI=1S/C17H23N3O10/c1-8(22)26-7-13-14(27-9(2)23)15(28-10(3)24)16(29-11(4)25)17(30-13)20-5-12(6-21)18-19-20/h5,13-17,21H,6-7H2,1-4H3/t13-,14+,15+,16-,17-/m1/s1. The molecule has 1 aromatic rings. The van der Waals surface area contributed by atoms with E-state index in [0.717, 1.165) is 25.5 Å². The highest BCUT2D eigenvalue weighted by atomic mass is 16.7. The first-order chi connectivity index (χ1) is 14.1. The van der Waals surface area contributed by atoms with E-state index in [1.165, 1.54) is 13.1 Å². The van der Waals surface area contributed by atoms with Gasteiger partial charge in [-0.15, -0.1) is 5.10 Å². The van der Waals surface area contributed by atoms with Gasteiger partial charge in [0.1, 0.15) is 18.4 Å². The number of hydrogen-bond acceptors (Lipinski definition) is 12. The summed E-state index contributed by atoms with van der Waals surface area (Å²) in [5.41, 5.74) is 0.197. The predicted octanol–water partition coefficient (Wildman–Crippen LogP) is -0.974. The minimum atomic E-state index is -1.31. The van der Waals surface area contributed by atoms with Crippen molar-refractivity contribution in [3.05, 3.63) is 11.9 Å². The van der Waals surface area contributed by atoms with E-state index >= 15 is 0 Å². The smallest absolute Gasteiger partial charge is 0.303 e. The van der Waals surface area contributed by atoms with Crippen molar-refractivity contribution in [2.45, 2.75) is 64.9 Å². The Bertz CT molecular complexity index is 795. The lowest BCUT2D eigenvalue weighted by molar-refractivity contribution is -0.270. The molecular weight excluding hydrogens is 406 g/mol. The van der Waals surface area contributed by atoms with Crippen LogP contribution in [0.5, 0.6) is 0 Å². The van der Waals surface area contributed by atoms with Gasteiger partial charge in [-0.05, 0) is 0 Å². The highest BCUT2D eigenvalue weighted by Gasteiger charge is 2.53. The van der Waals surface area contributed by atoms with Crippen LogP contribution >= 0.6 is 0 Å². The lowest BCUT2D eigenvalue weighted by atomic mass is 9.97. The summed E-state index contributed by atoms with van der Waals surface area (Å²) >= 11 is 0. The summed E-state index contributed by atoms with van der Waals surface area (Å²) in [6, 6.07) is 0. The average Bonchev–Trinajstić information content (AvgIpc) is 3.11. The fourth-order valence-corrected chi connectivity index (χ4v) is 2.93. The molecule has 166 valence electrons. The van der Waals surface area contributed by atoms with Crippen molar-refractivity contribution < 1.29 is 48.0 Å². The van der Waals surface area contributed by atoms with E-state index in [2.05, 4.69) is 10.3 Å². The molecule has 1 aliphatic rings. The van der Waals surface area contributed by atoms with Crippen molar-refractivity contribution in [3.8, 4) is 0 Å². The third kappa shape index (κ3) is 5.97. The number of esters is 4. The topological polar surface area (TPSA) is 165 Å². The van der Waals surface area contributed by atoms with Gasteiger partial charge >= 0.3 is 23.9 Å².